The molecular formula is C29H34N4O5. The second kappa shape index (κ2) is 13.2. The molecule has 3 amide bonds. The van der Waals surface area contributed by atoms with Crippen LogP contribution in [-0.2, 0) is 17.8 Å². The highest BCUT2D eigenvalue weighted by atomic mass is 16.5. The van der Waals surface area contributed by atoms with Gasteiger partial charge >= 0.3 is 6.03 Å². The van der Waals surface area contributed by atoms with Crippen molar-refractivity contribution in [1.82, 2.24) is 15.3 Å². The van der Waals surface area contributed by atoms with Crippen molar-refractivity contribution in [3.63, 3.8) is 0 Å². The van der Waals surface area contributed by atoms with Gasteiger partial charge in [-0.05, 0) is 53.6 Å². The summed E-state index contributed by atoms with van der Waals surface area (Å²) in [6.45, 7) is 3.94. The van der Waals surface area contributed by atoms with E-state index in [1.165, 1.54) is 5.56 Å². The molecule has 0 bridgehead atoms. The molecule has 1 aliphatic heterocycles. The molecule has 9 nitrogen and oxygen atoms in total. The quantitative estimate of drug-likeness (QED) is 0.296. The van der Waals surface area contributed by atoms with Gasteiger partial charge in [0.2, 0.25) is 0 Å². The van der Waals surface area contributed by atoms with Crippen molar-refractivity contribution in [3.05, 3.63) is 89.5 Å². The maximum atomic E-state index is 13.5. The number of carbonyl (C=O) groups excluding carboxylic acids is 2. The number of anilines is 1. The fraction of sp³-hybridized carbons (Fsp3) is 0.310. The molecule has 0 unspecified atom stereocenters. The molecule has 3 N–H and O–H groups in total. The minimum atomic E-state index is -0.585. The summed E-state index contributed by atoms with van der Waals surface area (Å²) in [5, 5.41) is 18.0. The lowest BCUT2D eigenvalue weighted by Gasteiger charge is -2.33. The SMILES string of the molecule is CN(CCO)Cc1ccc(-c2ccc(N(Cc3ccc(C(=O)NO)cc3)C(=O)N3CCOCC3)cc2)cc1. The Morgan fingerprint density at radius 3 is 2.00 bits per heavy atom. The predicted molar refractivity (Wildman–Crippen MR) is 145 cm³/mol. The summed E-state index contributed by atoms with van der Waals surface area (Å²) in [6.07, 6.45) is 0. The number of aliphatic hydroxyl groups is 1. The van der Waals surface area contributed by atoms with Crippen LogP contribution in [0.25, 0.3) is 11.1 Å². The molecule has 1 aliphatic rings. The second-order valence-electron chi connectivity index (χ2n) is 9.31. The summed E-state index contributed by atoms with van der Waals surface area (Å²) in [6, 6.07) is 22.9. The van der Waals surface area contributed by atoms with E-state index in [-0.39, 0.29) is 12.6 Å². The maximum Gasteiger partial charge on any atom is 0.324 e. The van der Waals surface area contributed by atoms with E-state index in [9.17, 15) is 9.59 Å². The van der Waals surface area contributed by atoms with Crippen molar-refractivity contribution in [2.24, 2.45) is 0 Å². The smallest absolute Gasteiger partial charge is 0.324 e. The van der Waals surface area contributed by atoms with Crippen molar-refractivity contribution in [2.75, 3.05) is 51.4 Å². The number of hydroxylamine groups is 1. The lowest BCUT2D eigenvalue weighted by molar-refractivity contribution is 0.0548. The summed E-state index contributed by atoms with van der Waals surface area (Å²) in [7, 11) is 1.98. The molecule has 200 valence electrons. The highest BCUT2D eigenvalue weighted by molar-refractivity contribution is 5.94. The average molecular weight is 519 g/mol. The van der Waals surface area contributed by atoms with E-state index in [1.807, 2.05) is 31.3 Å². The largest absolute Gasteiger partial charge is 0.395 e. The van der Waals surface area contributed by atoms with Gasteiger partial charge in [-0.1, -0.05) is 48.5 Å². The van der Waals surface area contributed by atoms with E-state index in [0.29, 0.717) is 45.0 Å². The monoisotopic (exact) mass is 518 g/mol. The van der Waals surface area contributed by atoms with Gasteiger partial charge in [0.25, 0.3) is 5.91 Å². The van der Waals surface area contributed by atoms with Gasteiger partial charge in [-0.15, -0.1) is 0 Å². The molecule has 0 saturated carbocycles. The standard InChI is InChI=1S/C29H34N4O5/c1-31(14-17-34)20-22-2-6-24(7-3-22)25-10-12-27(13-11-25)33(29(36)32-15-18-38-19-16-32)21-23-4-8-26(9-5-23)28(35)30-37/h2-13,34,37H,14-21H2,1H3,(H,30,35). The third-order valence-corrected chi connectivity index (χ3v) is 6.57. The Hall–Kier alpha value is -3.76. The summed E-state index contributed by atoms with van der Waals surface area (Å²) < 4.78 is 5.42. The summed E-state index contributed by atoms with van der Waals surface area (Å²) >= 11 is 0. The number of hydrogen-bond acceptors (Lipinski definition) is 6. The topological polar surface area (TPSA) is 106 Å². The van der Waals surface area contributed by atoms with Crippen molar-refractivity contribution in [2.45, 2.75) is 13.1 Å². The number of nitrogens with one attached hydrogen (secondary N) is 1. The molecule has 9 heteroatoms. The number of hydrogen-bond donors (Lipinski definition) is 3. The van der Waals surface area contributed by atoms with Crippen molar-refractivity contribution in [1.29, 1.82) is 0 Å². The lowest BCUT2D eigenvalue weighted by Crippen LogP contribution is -2.48. The number of amides is 3. The first-order valence-corrected chi connectivity index (χ1v) is 12.6. The van der Waals surface area contributed by atoms with Gasteiger partial charge in [-0.2, -0.15) is 0 Å². The molecule has 3 aromatic carbocycles. The highest BCUT2D eigenvalue weighted by Gasteiger charge is 2.24. The minimum Gasteiger partial charge on any atom is -0.395 e. The third kappa shape index (κ3) is 6.96. The molecule has 0 aromatic heterocycles. The first-order chi connectivity index (χ1) is 18.5. The van der Waals surface area contributed by atoms with Gasteiger partial charge in [0.1, 0.15) is 0 Å². The number of carbonyl (C=O) groups is 2. The minimum absolute atomic E-state index is 0.102. The molecule has 0 spiro atoms. The van der Waals surface area contributed by atoms with Gasteiger partial charge < -0.3 is 14.7 Å². The Labute approximate surface area is 222 Å². The van der Waals surface area contributed by atoms with Crippen LogP contribution in [0.15, 0.2) is 72.8 Å². The zero-order chi connectivity index (χ0) is 26.9. The van der Waals surface area contributed by atoms with Crippen molar-refractivity contribution >= 4 is 17.6 Å². The summed E-state index contributed by atoms with van der Waals surface area (Å²) in [4.78, 5) is 30.8. The van der Waals surface area contributed by atoms with E-state index in [1.54, 1.807) is 39.5 Å². The average Bonchev–Trinajstić information content (AvgIpc) is 2.96. The Morgan fingerprint density at radius 1 is 0.868 bits per heavy atom. The molecule has 4 rings (SSSR count). The second-order valence-corrected chi connectivity index (χ2v) is 9.31. The number of urea groups is 1. The number of nitrogens with zero attached hydrogens (tertiary/aromatic N) is 3. The molecule has 0 radical (unpaired) electrons. The van der Waals surface area contributed by atoms with E-state index in [2.05, 4.69) is 29.2 Å². The highest BCUT2D eigenvalue weighted by Crippen LogP contribution is 2.26. The summed E-state index contributed by atoms with van der Waals surface area (Å²) in [5.41, 5.74) is 6.88. The van der Waals surface area contributed by atoms with E-state index >= 15 is 0 Å². The van der Waals surface area contributed by atoms with Gasteiger partial charge in [0.05, 0.1) is 26.4 Å². The number of aliphatic hydroxyl groups excluding tert-OH is 1. The van der Waals surface area contributed by atoms with Crippen LogP contribution >= 0.6 is 0 Å². The molecule has 0 atom stereocenters. The van der Waals surface area contributed by atoms with Gasteiger partial charge in [-0.3, -0.25) is 19.8 Å². The Balaban J connectivity index is 1.53. The zero-order valence-electron chi connectivity index (χ0n) is 21.5. The summed E-state index contributed by atoms with van der Waals surface area (Å²) in [5.74, 6) is -0.585. The van der Waals surface area contributed by atoms with Crippen LogP contribution in [0, 0.1) is 0 Å². The van der Waals surface area contributed by atoms with Crippen LogP contribution in [0.5, 0.6) is 0 Å². The molecule has 1 fully saturated rings. The molecule has 3 aromatic rings. The number of morpholine rings is 1. The first kappa shape index (κ1) is 27.3. The van der Waals surface area contributed by atoms with E-state index in [0.717, 1.165) is 28.9 Å². The normalized spacial score (nSPS) is 13.4. The van der Waals surface area contributed by atoms with Gasteiger partial charge in [0.15, 0.2) is 0 Å². The Morgan fingerprint density at radius 2 is 1.42 bits per heavy atom. The van der Waals surface area contributed by atoms with Crippen molar-refractivity contribution < 1.29 is 24.6 Å². The molecule has 38 heavy (non-hydrogen) atoms. The first-order valence-electron chi connectivity index (χ1n) is 12.6. The third-order valence-electron chi connectivity index (χ3n) is 6.57. The number of ether oxygens (including phenoxy) is 1. The Bertz CT molecular complexity index is 1190. The van der Waals surface area contributed by atoms with Crippen LogP contribution in [0.1, 0.15) is 21.5 Å². The number of rotatable bonds is 9. The van der Waals surface area contributed by atoms with Crippen LogP contribution in [-0.4, -0.2) is 78.6 Å². The Kier molecular flexibility index (Phi) is 9.45. The molecular weight excluding hydrogens is 484 g/mol. The maximum absolute atomic E-state index is 13.5. The fourth-order valence-corrected chi connectivity index (χ4v) is 4.40. The van der Waals surface area contributed by atoms with Gasteiger partial charge in [-0.25, -0.2) is 10.3 Å². The van der Waals surface area contributed by atoms with Crippen LogP contribution in [0.4, 0.5) is 10.5 Å². The van der Waals surface area contributed by atoms with Crippen molar-refractivity contribution in [3.8, 4) is 11.1 Å². The van der Waals surface area contributed by atoms with Crippen LogP contribution in [0.3, 0.4) is 0 Å². The van der Waals surface area contributed by atoms with E-state index < -0.39 is 5.91 Å². The van der Waals surface area contributed by atoms with E-state index in [4.69, 9.17) is 15.1 Å². The van der Waals surface area contributed by atoms with Gasteiger partial charge in [0, 0.05) is 37.4 Å². The molecule has 0 aliphatic carbocycles. The fourth-order valence-electron chi connectivity index (χ4n) is 4.40. The molecule has 1 saturated heterocycles. The van der Waals surface area contributed by atoms with Crippen LogP contribution in [0.2, 0.25) is 0 Å². The molecule has 1 heterocycles. The lowest BCUT2D eigenvalue weighted by atomic mass is 10.0. The van der Waals surface area contributed by atoms with Crippen LogP contribution < -0.4 is 10.4 Å². The number of benzene rings is 3. The predicted octanol–water partition coefficient (Wildman–Crippen LogP) is 3.36. The zero-order valence-corrected chi connectivity index (χ0v) is 21.5. The number of likely N-dealkylation sites (N-methyl/N-ethyl adjacent to an activating group) is 1.